The van der Waals surface area contributed by atoms with E-state index in [1.807, 2.05) is 24.3 Å². The SMILES string of the molecule is O=C(CCCOc1ccc(Br)cc1)n1ccnc1. The van der Waals surface area contributed by atoms with E-state index in [0.717, 1.165) is 10.2 Å². The number of carbonyl (C=O) groups is 1. The van der Waals surface area contributed by atoms with Gasteiger partial charge in [-0.2, -0.15) is 0 Å². The summed E-state index contributed by atoms with van der Waals surface area (Å²) < 4.78 is 8.04. The predicted octanol–water partition coefficient (Wildman–Crippen LogP) is 3.15. The van der Waals surface area contributed by atoms with Crippen molar-refractivity contribution >= 4 is 21.8 Å². The molecule has 0 radical (unpaired) electrons. The van der Waals surface area contributed by atoms with Crippen LogP contribution in [0.4, 0.5) is 0 Å². The quantitative estimate of drug-likeness (QED) is 0.797. The van der Waals surface area contributed by atoms with Gasteiger partial charge in [0.1, 0.15) is 12.1 Å². The molecule has 18 heavy (non-hydrogen) atoms. The van der Waals surface area contributed by atoms with Gasteiger partial charge in [0.15, 0.2) is 0 Å². The van der Waals surface area contributed by atoms with Gasteiger partial charge in [-0.1, -0.05) is 15.9 Å². The Morgan fingerprint density at radius 3 is 2.78 bits per heavy atom. The topological polar surface area (TPSA) is 44.1 Å². The summed E-state index contributed by atoms with van der Waals surface area (Å²) >= 11 is 3.36. The molecule has 2 rings (SSSR count). The van der Waals surface area contributed by atoms with Crippen LogP contribution in [0.2, 0.25) is 0 Å². The van der Waals surface area contributed by atoms with Crippen molar-refractivity contribution in [1.29, 1.82) is 0 Å². The number of benzene rings is 1. The van der Waals surface area contributed by atoms with Gasteiger partial charge in [0.25, 0.3) is 0 Å². The van der Waals surface area contributed by atoms with Crippen LogP contribution < -0.4 is 4.74 Å². The van der Waals surface area contributed by atoms with Crippen LogP contribution in [-0.2, 0) is 0 Å². The summed E-state index contributed by atoms with van der Waals surface area (Å²) in [5.41, 5.74) is 0. The zero-order valence-corrected chi connectivity index (χ0v) is 11.3. The minimum atomic E-state index is 0.0342. The summed E-state index contributed by atoms with van der Waals surface area (Å²) in [7, 11) is 0. The number of hydrogen-bond donors (Lipinski definition) is 0. The summed E-state index contributed by atoms with van der Waals surface area (Å²) in [6.45, 7) is 0.530. The van der Waals surface area contributed by atoms with Gasteiger partial charge < -0.3 is 4.74 Å². The van der Waals surface area contributed by atoms with Crippen molar-refractivity contribution in [1.82, 2.24) is 9.55 Å². The van der Waals surface area contributed by atoms with E-state index in [1.165, 1.54) is 10.9 Å². The van der Waals surface area contributed by atoms with Crippen molar-refractivity contribution in [2.45, 2.75) is 12.8 Å². The van der Waals surface area contributed by atoms with Crippen LogP contribution in [-0.4, -0.2) is 22.1 Å². The van der Waals surface area contributed by atoms with Crippen LogP contribution in [0.15, 0.2) is 47.5 Å². The second-order valence-electron chi connectivity index (χ2n) is 3.77. The Labute approximate surface area is 114 Å². The molecule has 0 amide bonds. The van der Waals surface area contributed by atoms with Gasteiger partial charge in [0.2, 0.25) is 5.91 Å². The van der Waals surface area contributed by atoms with E-state index in [0.29, 0.717) is 19.4 Å². The molecule has 0 N–H and O–H groups in total. The number of ether oxygens (including phenoxy) is 1. The number of hydrogen-bond acceptors (Lipinski definition) is 3. The van der Waals surface area contributed by atoms with Gasteiger partial charge >= 0.3 is 0 Å². The summed E-state index contributed by atoms with van der Waals surface area (Å²) in [4.78, 5) is 15.5. The van der Waals surface area contributed by atoms with Crippen molar-refractivity contribution in [3.63, 3.8) is 0 Å². The lowest BCUT2D eigenvalue weighted by Gasteiger charge is -2.05. The molecule has 0 unspecified atom stereocenters. The maximum atomic E-state index is 11.6. The summed E-state index contributed by atoms with van der Waals surface area (Å²) in [5.74, 6) is 0.847. The van der Waals surface area contributed by atoms with Gasteiger partial charge in [0, 0.05) is 23.3 Å². The van der Waals surface area contributed by atoms with Gasteiger partial charge in [-0.15, -0.1) is 0 Å². The van der Waals surface area contributed by atoms with Crippen molar-refractivity contribution in [3.8, 4) is 5.75 Å². The molecule has 1 aromatic heterocycles. The number of halogens is 1. The number of nitrogens with zero attached hydrogens (tertiary/aromatic N) is 2. The van der Waals surface area contributed by atoms with E-state index in [-0.39, 0.29) is 5.91 Å². The van der Waals surface area contributed by atoms with Crippen molar-refractivity contribution < 1.29 is 9.53 Å². The highest BCUT2D eigenvalue weighted by atomic mass is 79.9. The number of carbonyl (C=O) groups excluding carboxylic acids is 1. The first-order valence-electron chi connectivity index (χ1n) is 5.65. The van der Waals surface area contributed by atoms with Crippen LogP contribution in [0.25, 0.3) is 0 Å². The Balaban J connectivity index is 1.70. The highest BCUT2D eigenvalue weighted by molar-refractivity contribution is 9.10. The fraction of sp³-hybridized carbons (Fsp3) is 0.231. The number of imidazole rings is 1. The van der Waals surface area contributed by atoms with Crippen LogP contribution in [0.5, 0.6) is 5.75 Å². The maximum absolute atomic E-state index is 11.6. The molecule has 0 fully saturated rings. The summed E-state index contributed by atoms with van der Waals surface area (Å²) in [6, 6.07) is 7.63. The van der Waals surface area contributed by atoms with Crippen molar-refractivity contribution in [2.75, 3.05) is 6.61 Å². The molecule has 0 bridgehead atoms. The Morgan fingerprint density at radius 1 is 1.33 bits per heavy atom. The fourth-order valence-electron chi connectivity index (χ4n) is 1.48. The monoisotopic (exact) mass is 308 g/mol. The lowest BCUT2D eigenvalue weighted by atomic mass is 10.3. The molecular formula is C13H13BrN2O2. The smallest absolute Gasteiger partial charge is 0.231 e. The molecule has 2 aromatic rings. The van der Waals surface area contributed by atoms with E-state index >= 15 is 0 Å². The van der Waals surface area contributed by atoms with Crippen LogP contribution >= 0.6 is 15.9 Å². The first-order chi connectivity index (χ1) is 8.75. The van der Waals surface area contributed by atoms with Gasteiger partial charge in [0.05, 0.1) is 6.61 Å². The number of aromatic nitrogens is 2. The normalized spacial score (nSPS) is 10.3. The molecule has 1 aromatic carbocycles. The third-order valence-corrected chi connectivity index (χ3v) is 2.94. The van der Waals surface area contributed by atoms with Gasteiger partial charge in [-0.25, -0.2) is 4.98 Å². The highest BCUT2D eigenvalue weighted by Gasteiger charge is 2.03. The zero-order valence-electron chi connectivity index (χ0n) is 9.75. The molecule has 0 spiro atoms. The second kappa shape index (κ2) is 6.35. The molecule has 4 nitrogen and oxygen atoms in total. The average molecular weight is 309 g/mol. The molecule has 0 saturated heterocycles. The minimum Gasteiger partial charge on any atom is -0.494 e. The Bertz CT molecular complexity index is 494. The lowest BCUT2D eigenvalue weighted by Crippen LogP contribution is -2.09. The molecular weight excluding hydrogens is 296 g/mol. The largest absolute Gasteiger partial charge is 0.494 e. The zero-order chi connectivity index (χ0) is 12.8. The van der Waals surface area contributed by atoms with Crippen molar-refractivity contribution in [3.05, 3.63) is 47.5 Å². The lowest BCUT2D eigenvalue weighted by molar-refractivity contribution is 0.0893. The van der Waals surface area contributed by atoms with Crippen LogP contribution in [0.3, 0.4) is 0 Å². The predicted molar refractivity (Wildman–Crippen MR) is 71.7 cm³/mol. The molecule has 0 saturated carbocycles. The van der Waals surface area contributed by atoms with Crippen molar-refractivity contribution in [2.24, 2.45) is 0 Å². The van der Waals surface area contributed by atoms with E-state index in [2.05, 4.69) is 20.9 Å². The van der Waals surface area contributed by atoms with E-state index in [4.69, 9.17) is 4.74 Å². The first kappa shape index (κ1) is 12.8. The average Bonchev–Trinajstić information content (AvgIpc) is 2.90. The molecule has 94 valence electrons. The molecule has 0 aliphatic heterocycles. The third-order valence-electron chi connectivity index (χ3n) is 2.41. The highest BCUT2D eigenvalue weighted by Crippen LogP contribution is 2.16. The molecule has 1 heterocycles. The standard InChI is InChI=1S/C13H13BrN2O2/c14-11-3-5-12(6-4-11)18-9-1-2-13(17)16-8-7-15-10-16/h3-8,10H,1-2,9H2. The van der Waals surface area contributed by atoms with Crippen LogP contribution in [0, 0.1) is 0 Å². The minimum absolute atomic E-state index is 0.0342. The Hall–Kier alpha value is -1.62. The van der Waals surface area contributed by atoms with E-state index in [9.17, 15) is 4.79 Å². The number of rotatable bonds is 5. The Morgan fingerprint density at radius 2 is 2.11 bits per heavy atom. The first-order valence-corrected chi connectivity index (χ1v) is 6.44. The maximum Gasteiger partial charge on any atom is 0.231 e. The third kappa shape index (κ3) is 3.70. The van der Waals surface area contributed by atoms with E-state index in [1.54, 1.807) is 12.4 Å². The molecule has 0 aliphatic rings. The van der Waals surface area contributed by atoms with E-state index < -0.39 is 0 Å². The van der Waals surface area contributed by atoms with Gasteiger partial charge in [-0.3, -0.25) is 9.36 Å². The summed E-state index contributed by atoms with van der Waals surface area (Å²) in [6.07, 6.45) is 5.89. The second-order valence-corrected chi connectivity index (χ2v) is 4.69. The molecule has 0 aliphatic carbocycles. The van der Waals surface area contributed by atoms with Crippen LogP contribution in [0.1, 0.15) is 17.6 Å². The summed E-state index contributed by atoms with van der Waals surface area (Å²) in [5, 5.41) is 0. The fourth-order valence-corrected chi connectivity index (χ4v) is 1.74. The molecule has 0 atom stereocenters. The van der Waals surface area contributed by atoms with Gasteiger partial charge in [-0.05, 0) is 30.7 Å². The molecule has 5 heteroatoms. The Kier molecular flexibility index (Phi) is 4.52.